The third kappa shape index (κ3) is 2.55. The summed E-state index contributed by atoms with van der Waals surface area (Å²) in [6.45, 7) is 2.76. The van der Waals surface area contributed by atoms with E-state index in [0.717, 1.165) is 34.7 Å². The summed E-state index contributed by atoms with van der Waals surface area (Å²) >= 11 is 1.51. The van der Waals surface area contributed by atoms with Crippen LogP contribution in [-0.4, -0.2) is 26.6 Å². The lowest BCUT2D eigenvalue weighted by Crippen LogP contribution is -2.07. The number of aryl methyl sites for hydroxylation is 1. The van der Waals surface area contributed by atoms with Gasteiger partial charge in [0.05, 0.1) is 5.51 Å². The van der Waals surface area contributed by atoms with Gasteiger partial charge in [0.15, 0.2) is 5.82 Å². The second-order valence-electron chi connectivity index (χ2n) is 4.52. The van der Waals surface area contributed by atoms with Crippen molar-refractivity contribution in [2.75, 3.05) is 11.9 Å². The number of aromatic nitrogens is 3. The summed E-state index contributed by atoms with van der Waals surface area (Å²) in [4.78, 5) is 13.6. The Morgan fingerprint density at radius 1 is 1.25 bits per heavy atom. The number of fused-ring (bicyclic) bond motifs is 1. The van der Waals surface area contributed by atoms with Crippen LogP contribution in [0.2, 0.25) is 0 Å². The van der Waals surface area contributed by atoms with E-state index >= 15 is 0 Å². The van der Waals surface area contributed by atoms with Crippen LogP contribution in [0.4, 0.5) is 5.82 Å². The molecule has 0 amide bonds. The van der Waals surface area contributed by atoms with Crippen molar-refractivity contribution in [3.05, 3.63) is 41.2 Å². The highest BCUT2D eigenvalue weighted by Crippen LogP contribution is 2.21. The number of nitrogens with one attached hydrogen (secondary N) is 1. The number of rotatable bonds is 4. The van der Waals surface area contributed by atoms with Gasteiger partial charge in [0.1, 0.15) is 22.4 Å². The molecule has 2 N–H and O–H groups in total. The van der Waals surface area contributed by atoms with Crippen molar-refractivity contribution < 1.29 is 5.11 Å². The van der Waals surface area contributed by atoms with Crippen molar-refractivity contribution in [1.82, 2.24) is 15.0 Å². The van der Waals surface area contributed by atoms with Crippen LogP contribution in [-0.2, 0) is 6.42 Å². The number of aromatic hydroxyl groups is 1. The average Bonchev–Trinajstić information content (AvgIpc) is 2.90. The van der Waals surface area contributed by atoms with Crippen molar-refractivity contribution >= 4 is 27.5 Å². The minimum atomic E-state index is 0.305. The van der Waals surface area contributed by atoms with E-state index < -0.39 is 0 Å². The molecule has 0 atom stereocenters. The van der Waals surface area contributed by atoms with Crippen LogP contribution in [0.15, 0.2) is 30.0 Å². The van der Waals surface area contributed by atoms with Gasteiger partial charge in [-0.25, -0.2) is 15.0 Å². The Morgan fingerprint density at radius 2 is 2.15 bits per heavy atom. The lowest BCUT2D eigenvalue weighted by molar-refractivity contribution is 0.474. The van der Waals surface area contributed by atoms with E-state index in [1.54, 1.807) is 24.0 Å². The van der Waals surface area contributed by atoms with Gasteiger partial charge in [-0.3, -0.25) is 0 Å². The Bertz CT molecular complexity index is 741. The fraction of sp³-hybridized carbons (Fsp3) is 0.214. The van der Waals surface area contributed by atoms with Gasteiger partial charge in [0.2, 0.25) is 0 Å². The van der Waals surface area contributed by atoms with Gasteiger partial charge in [-0.05, 0) is 36.6 Å². The molecule has 3 aromatic rings. The summed E-state index contributed by atoms with van der Waals surface area (Å²) < 4.78 is 0. The van der Waals surface area contributed by atoms with E-state index in [-0.39, 0.29) is 0 Å². The largest absolute Gasteiger partial charge is 0.508 e. The second-order valence-corrected chi connectivity index (χ2v) is 5.35. The maximum absolute atomic E-state index is 9.40. The zero-order chi connectivity index (χ0) is 13.9. The fourth-order valence-corrected chi connectivity index (χ4v) is 2.73. The maximum atomic E-state index is 9.40. The normalized spacial score (nSPS) is 10.8. The van der Waals surface area contributed by atoms with Crippen molar-refractivity contribution in [3.63, 3.8) is 0 Å². The molecule has 20 heavy (non-hydrogen) atoms. The van der Waals surface area contributed by atoms with Crippen molar-refractivity contribution in [2.24, 2.45) is 0 Å². The molecule has 0 saturated carbocycles. The number of benzene rings is 1. The Hall–Kier alpha value is -2.21. The molecule has 5 nitrogen and oxygen atoms in total. The highest BCUT2D eigenvalue weighted by Gasteiger charge is 2.06. The molecular formula is C14H14N4OS. The standard InChI is InChI=1S/C14H14N4OS/c1-9-6-11(19)3-2-10(9)4-5-15-13-12-14(17-7-16-13)20-8-18-12/h2-3,6-8,19H,4-5H2,1H3,(H,15,16,17). The first kappa shape index (κ1) is 12.8. The van der Waals surface area contributed by atoms with E-state index in [0.29, 0.717) is 5.75 Å². The number of phenols is 1. The van der Waals surface area contributed by atoms with Gasteiger partial charge >= 0.3 is 0 Å². The van der Waals surface area contributed by atoms with Gasteiger partial charge in [0, 0.05) is 6.54 Å². The summed E-state index contributed by atoms with van der Waals surface area (Å²) in [7, 11) is 0. The Morgan fingerprint density at radius 3 is 3.00 bits per heavy atom. The third-order valence-corrected chi connectivity index (χ3v) is 3.88. The van der Waals surface area contributed by atoms with E-state index in [2.05, 4.69) is 20.3 Å². The summed E-state index contributed by atoms with van der Waals surface area (Å²) in [5.74, 6) is 1.08. The van der Waals surface area contributed by atoms with Gasteiger partial charge in [-0.15, -0.1) is 11.3 Å². The highest BCUT2D eigenvalue weighted by atomic mass is 32.1. The summed E-state index contributed by atoms with van der Waals surface area (Å²) in [6.07, 6.45) is 2.41. The van der Waals surface area contributed by atoms with Crippen molar-refractivity contribution in [3.8, 4) is 5.75 Å². The molecule has 0 bridgehead atoms. The predicted molar refractivity (Wildman–Crippen MR) is 80.2 cm³/mol. The minimum Gasteiger partial charge on any atom is -0.508 e. The number of phenolic OH excluding ortho intramolecular Hbond substituents is 1. The molecule has 6 heteroatoms. The third-order valence-electron chi connectivity index (χ3n) is 3.15. The SMILES string of the molecule is Cc1cc(O)ccc1CCNc1ncnc2scnc12. The number of nitrogens with zero attached hydrogens (tertiary/aromatic N) is 3. The summed E-state index contributed by atoms with van der Waals surface area (Å²) in [5.41, 5.74) is 4.89. The fourth-order valence-electron chi connectivity index (χ4n) is 2.10. The van der Waals surface area contributed by atoms with Crippen LogP contribution in [0.5, 0.6) is 5.75 Å². The molecular weight excluding hydrogens is 272 g/mol. The maximum Gasteiger partial charge on any atom is 0.156 e. The van der Waals surface area contributed by atoms with Crippen molar-refractivity contribution in [1.29, 1.82) is 0 Å². The molecule has 0 aliphatic heterocycles. The van der Waals surface area contributed by atoms with E-state index in [4.69, 9.17) is 0 Å². The Balaban J connectivity index is 1.69. The highest BCUT2D eigenvalue weighted by molar-refractivity contribution is 7.16. The summed E-state index contributed by atoms with van der Waals surface area (Å²) in [6, 6.07) is 5.44. The monoisotopic (exact) mass is 286 g/mol. The van der Waals surface area contributed by atoms with Gasteiger partial charge in [-0.1, -0.05) is 6.07 Å². The minimum absolute atomic E-state index is 0.305. The van der Waals surface area contributed by atoms with E-state index in [9.17, 15) is 5.11 Å². The quantitative estimate of drug-likeness (QED) is 0.771. The second kappa shape index (κ2) is 5.42. The van der Waals surface area contributed by atoms with Crippen LogP contribution in [0.25, 0.3) is 10.3 Å². The molecule has 1 aromatic carbocycles. The van der Waals surface area contributed by atoms with Gasteiger partial charge in [0.25, 0.3) is 0 Å². The van der Waals surface area contributed by atoms with E-state index in [1.807, 2.05) is 13.0 Å². The van der Waals surface area contributed by atoms with Crippen LogP contribution in [0.3, 0.4) is 0 Å². The Kier molecular flexibility index (Phi) is 3.47. The molecule has 102 valence electrons. The van der Waals surface area contributed by atoms with Crippen molar-refractivity contribution in [2.45, 2.75) is 13.3 Å². The molecule has 0 unspecified atom stereocenters. The average molecular weight is 286 g/mol. The molecule has 2 heterocycles. The van der Waals surface area contributed by atoms with Gasteiger partial charge in [-0.2, -0.15) is 0 Å². The van der Waals surface area contributed by atoms with Gasteiger partial charge < -0.3 is 10.4 Å². The first-order valence-corrected chi connectivity index (χ1v) is 7.18. The molecule has 0 fully saturated rings. The zero-order valence-corrected chi connectivity index (χ0v) is 11.8. The lowest BCUT2D eigenvalue weighted by Gasteiger charge is -2.08. The molecule has 0 saturated heterocycles. The Labute approximate surface area is 120 Å². The number of anilines is 1. The first-order chi connectivity index (χ1) is 9.74. The number of hydrogen-bond acceptors (Lipinski definition) is 6. The van der Waals surface area contributed by atoms with Crippen LogP contribution >= 0.6 is 11.3 Å². The molecule has 2 aromatic heterocycles. The molecule has 3 rings (SSSR count). The molecule has 0 aliphatic carbocycles. The molecule has 0 radical (unpaired) electrons. The predicted octanol–water partition coefficient (Wildman–Crippen LogP) is 2.75. The lowest BCUT2D eigenvalue weighted by atomic mass is 10.1. The molecule has 0 spiro atoms. The number of thiazole rings is 1. The smallest absolute Gasteiger partial charge is 0.156 e. The first-order valence-electron chi connectivity index (χ1n) is 6.30. The van der Waals surface area contributed by atoms with E-state index in [1.165, 1.54) is 16.9 Å². The summed E-state index contributed by atoms with van der Waals surface area (Å²) in [5, 5.41) is 12.7. The molecule has 0 aliphatic rings. The zero-order valence-electron chi connectivity index (χ0n) is 11.0. The van der Waals surface area contributed by atoms with Crippen LogP contribution < -0.4 is 5.32 Å². The van der Waals surface area contributed by atoms with Crippen LogP contribution in [0, 0.1) is 6.92 Å². The number of hydrogen-bond donors (Lipinski definition) is 2. The van der Waals surface area contributed by atoms with Crippen LogP contribution in [0.1, 0.15) is 11.1 Å². The topological polar surface area (TPSA) is 70.9 Å².